The van der Waals surface area contributed by atoms with Crippen molar-refractivity contribution >= 4 is 106 Å². The fourth-order valence-corrected chi connectivity index (χ4v) is 17.1. The highest BCUT2D eigenvalue weighted by Crippen LogP contribution is 2.44. The van der Waals surface area contributed by atoms with Crippen LogP contribution in [0.15, 0.2) is 12.2 Å². The minimum atomic E-state index is -3.14. The number of allylic oxidation sites excluding steroid dienone is 1. The summed E-state index contributed by atoms with van der Waals surface area (Å²) in [6, 6.07) is 0.874. The van der Waals surface area contributed by atoms with Crippen molar-refractivity contribution in [3.63, 3.8) is 0 Å². The lowest BCUT2D eigenvalue weighted by atomic mass is 9.96. The molecular formula is C87H195N15O20S7. The van der Waals surface area contributed by atoms with E-state index in [0.717, 1.165) is 19.4 Å². The van der Waals surface area contributed by atoms with Crippen molar-refractivity contribution < 1.29 is 87.7 Å². The lowest BCUT2D eigenvalue weighted by molar-refractivity contribution is -0.130. The van der Waals surface area contributed by atoms with Gasteiger partial charge in [-0.15, -0.1) is 0 Å². The Hall–Kier alpha value is -4.15. The smallest absolute Gasteiger partial charge is 0.243 e. The van der Waals surface area contributed by atoms with Crippen molar-refractivity contribution in [3.8, 4) is 0 Å². The number of hydrogen-bond donors (Lipinski definition) is 15. The van der Waals surface area contributed by atoms with Gasteiger partial charge in [0.25, 0.3) is 0 Å². The molecule has 0 saturated heterocycles. The van der Waals surface area contributed by atoms with Gasteiger partial charge in [0.05, 0.1) is 33.8 Å². The molecule has 0 bridgehead atoms. The summed E-state index contributed by atoms with van der Waals surface area (Å²) >= 11 is 0. The van der Waals surface area contributed by atoms with E-state index in [4.69, 9.17) is 0 Å². The molecule has 35 nitrogen and oxygen atoms in total. The summed E-state index contributed by atoms with van der Waals surface area (Å²) in [6.45, 7) is 85.9. The van der Waals surface area contributed by atoms with Crippen molar-refractivity contribution in [2.75, 3.05) is 42.9 Å². The van der Waals surface area contributed by atoms with E-state index in [1.807, 2.05) is 172 Å². The first-order valence-electron chi connectivity index (χ1n) is 45.5. The molecule has 0 aromatic heterocycles. The van der Waals surface area contributed by atoms with Crippen LogP contribution in [0, 0.1) is 52.8 Å². The average molecular weight is 2000 g/mol. The first-order chi connectivity index (χ1) is 57.6. The zero-order valence-electron chi connectivity index (χ0n) is 88.5. The minimum Gasteiger partial charge on any atom is -0.354 e. The summed E-state index contributed by atoms with van der Waals surface area (Å²) in [4.78, 5) is 66.8. The van der Waals surface area contributed by atoms with Crippen molar-refractivity contribution in [2.45, 2.75) is 419 Å². The average Bonchev–Trinajstić information content (AvgIpc) is 1.66. The van der Waals surface area contributed by atoms with Gasteiger partial charge in [-0.05, 0) is 274 Å². The van der Waals surface area contributed by atoms with Gasteiger partial charge in [0.15, 0.2) is 0 Å². The lowest BCUT2D eigenvalue weighted by Crippen LogP contribution is -2.40. The molecule has 42 heteroatoms. The highest BCUT2D eigenvalue weighted by Gasteiger charge is 2.44. The molecule has 0 heterocycles. The number of nitrogens with one attached hydrogen (secondary N) is 15. The summed E-state index contributed by atoms with van der Waals surface area (Å²) < 4.78 is 174. The third-order valence-electron chi connectivity index (χ3n) is 14.3. The molecule has 1 saturated carbocycles. The highest BCUT2D eigenvalue weighted by atomic mass is 32.2. The van der Waals surface area contributed by atoms with Crippen LogP contribution in [0.3, 0.4) is 0 Å². The van der Waals surface area contributed by atoms with E-state index < -0.39 is 70.2 Å². The second-order valence-corrected chi connectivity index (χ2v) is 53.6. The van der Waals surface area contributed by atoms with Crippen LogP contribution in [0.25, 0.3) is 0 Å². The van der Waals surface area contributed by atoms with E-state index >= 15 is 0 Å². The number of sulfonamides is 7. The Labute approximate surface area is 790 Å². The van der Waals surface area contributed by atoms with Crippen LogP contribution in [-0.2, 0) is 98.9 Å². The molecule has 0 aromatic carbocycles. The van der Waals surface area contributed by atoms with Gasteiger partial charge in [0.1, 0.15) is 18.2 Å². The van der Waals surface area contributed by atoms with Gasteiger partial charge in [0.2, 0.25) is 106 Å². The van der Waals surface area contributed by atoms with Crippen LogP contribution >= 0.6 is 0 Å². The van der Waals surface area contributed by atoms with Crippen LogP contribution < -0.4 is 75.6 Å². The van der Waals surface area contributed by atoms with Crippen LogP contribution in [-0.4, -0.2) is 226 Å². The number of amides is 6. The normalized spacial score (nSPS) is 13.7. The van der Waals surface area contributed by atoms with E-state index in [1.54, 1.807) is 117 Å². The summed E-state index contributed by atoms with van der Waals surface area (Å²) in [7, 11) is -21.5. The summed E-state index contributed by atoms with van der Waals surface area (Å²) in [5.41, 5.74) is 0.0777. The van der Waals surface area contributed by atoms with Crippen LogP contribution in [0.1, 0.15) is 331 Å². The van der Waals surface area contributed by atoms with E-state index in [0.29, 0.717) is 42.1 Å². The predicted molar refractivity (Wildman–Crippen MR) is 539 cm³/mol. The number of hydrogen-bond acceptors (Lipinski definition) is 22. The fourth-order valence-electron chi connectivity index (χ4n) is 8.53. The van der Waals surface area contributed by atoms with E-state index in [-0.39, 0.29) is 177 Å². The maximum atomic E-state index is 11.4. The lowest BCUT2D eigenvalue weighted by Gasteiger charge is -2.11. The molecule has 1 rings (SSSR count). The monoisotopic (exact) mass is 1990 g/mol. The maximum Gasteiger partial charge on any atom is 0.243 e. The van der Waals surface area contributed by atoms with Gasteiger partial charge < -0.3 is 42.5 Å². The van der Waals surface area contributed by atoms with Crippen LogP contribution in [0.2, 0.25) is 0 Å². The van der Waals surface area contributed by atoms with Crippen molar-refractivity contribution in [1.29, 1.82) is 0 Å². The fraction of sp³-hybridized carbons (Fsp3) is 0.908. The maximum absolute atomic E-state index is 11.4. The molecule has 1 aliphatic carbocycles. The Morgan fingerprint density at radius 1 is 0.349 bits per heavy atom. The quantitative estimate of drug-likeness (QED) is 0.0199. The second-order valence-electron chi connectivity index (χ2n) is 39.6. The summed E-state index contributed by atoms with van der Waals surface area (Å²) in [5.74, 6) is 2.97. The van der Waals surface area contributed by atoms with E-state index in [2.05, 4.69) is 110 Å². The zero-order chi connectivity index (χ0) is 105. The molecule has 0 aliphatic heterocycles. The van der Waals surface area contributed by atoms with Crippen LogP contribution in [0.4, 0.5) is 0 Å². The number of carbonyl (C=O) groups excluding carboxylic acids is 6. The van der Waals surface area contributed by atoms with Gasteiger partial charge >= 0.3 is 0 Å². The van der Waals surface area contributed by atoms with Gasteiger partial charge in [0, 0.05) is 90.9 Å². The second kappa shape index (κ2) is 75.0. The largest absolute Gasteiger partial charge is 0.354 e. The topological polar surface area (TPSA) is 522 Å². The third kappa shape index (κ3) is 114. The molecule has 0 aromatic rings. The molecule has 0 spiro atoms. The highest BCUT2D eigenvalue weighted by molar-refractivity contribution is 7.91. The molecule has 129 heavy (non-hydrogen) atoms. The molecule has 780 valence electrons. The van der Waals surface area contributed by atoms with Crippen molar-refractivity contribution in [3.05, 3.63) is 12.2 Å². The number of carbonyl (C=O) groups is 6. The molecule has 1 aliphatic rings. The Morgan fingerprint density at radius 2 is 0.682 bits per heavy atom. The Kier molecular flexibility index (Phi) is 84.4. The first-order valence-corrected chi connectivity index (χ1v) is 56.7. The first kappa shape index (κ1) is 145. The Morgan fingerprint density at radius 3 is 0.953 bits per heavy atom. The van der Waals surface area contributed by atoms with Crippen molar-refractivity contribution in [2.24, 2.45) is 52.8 Å². The molecule has 6 amide bonds. The van der Waals surface area contributed by atoms with Crippen LogP contribution in [0.5, 0.6) is 0 Å². The standard InChI is InChI=1S/2C10H19NO.2C9H18N2O2.C8H20N2O2S.C8H19NO2S.C7H18N2O2S.2C7H17NO2S.2C6H15NO2S/c1-6(2)8-5-9(8)10(12)11-7(3)4;1-8(2)11-9(12)6-7-10(3,4)5;1-6(2)9(13)10-5-8(12)11-7(3)4;1-6(2)10-8(12)5-9(13)11-7(3)4;1-7(2)5-9-6-13(11,12)10-8(3)4;1-7(2)5-6-12(10,11)9-8(3)4;1-6(2)8-5-12(10,11)9-7(3)4;1-6(2)5-11(9,10)8-7(3)4;1-6(2)5-8-11(9,10)7(3)4;2*1-5(2)7-10(8,9)6(3)4/h6-9H,5H2,1-4H3,(H,11,12);6-8H,1-5H3,(H,11,12);6-7H,5H2,1-4H3,(H,10,13)(H,11,12);6-7H,5H2,1-4H3,(H,10,12)(H,11,13);7-10H,5-6H2,1-4H3;7-9H,5-6H2,1-4H3;6-9H,5H2,1-4H3;2*6-8H,5H2,1-4H3;2*5-7H,1-4H3/b;7-6+;;;;;;;;;. The Bertz CT molecular complexity index is 3700. The predicted octanol–water partition coefficient (Wildman–Crippen LogP) is 10.2. The van der Waals surface area contributed by atoms with Gasteiger partial charge in [-0.25, -0.2) is 92.0 Å². The molecule has 1 fully saturated rings. The Balaban J connectivity index is -0.000000151. The SMILES string of the molecule is CC(C)CCS(=O)(=O)NC(C)C.CC(C)CNCS(=O)(=O)NC(C)C.CC(C)CNS(=O)(=O)C(C)C.CC(C)CS(=O)(=O)NC(C)C.CC(C)NC(=O)/C=C/C(C)(C)C.CC(C)NC(=O)C1CC1C(C)C.CC(C)NC(=O)CC(=O)NC(C)C.CC(C)NC(=O)CNC(=O)C(C)C.CC(C)NCS(=O)(=O)NC(C)C.CC(C)NS(=O)(=O)C(C)C.CC(C)NS(=O)(=O)C(C)C. The van der Waals surface area contributed by atoms with E-state index in [1.165, 1.54) is 0 Å². The number of rotatable bonds is 43. The van der Waals surface area contributed by atoms with Gasteiger partial charge in [-0.3, -0.25) is 28.8 Å². The van der Waals surface area contributed by atoms with Gasteiger partial charge in [-0.2, -0.15) is 0 Å². The molecule has 0 radical (unpaired) electrons. The molecule has 2 unspecified atom stereocenters. The zero-order valence-corrected chi connectivity index (χ0v) is 94.2. The molecule has 2 atom stereocenters. The minimum absolute atomic E-state index is 0.00116. The van der Waals surface area contributed by atoms with E-state index in [9.17, 15) is 87.7 Å². The molecule has 15 N–H and O–H groups in total. The van der Waals surface area contributed by atoms with Crippen molar-refractivity contribution in [1.82, 2.24) is 75.6 Å². The van der Waals surface area contributed by atoms with Gasteiger partial charge in [-0.1, -0.05) is 110 Å². The summed E-state index contributed by atoms with van der Waals surface area (Å²) in [6.07, 6.45) is 5.24. The molecular weight excluding hydrogens is 1800 g/mol. The summed E-state index contributed by atoms with van der Waals surface area (Å²) in [5, 5.41) is 21.0. The third-order valence-corrected chi connectivity index (χ3v) is 26.5.